The molecule has 0 aromatic heterocycles. The molecule has 1 N–H and O–H groups in total. The Balaban J connectivity index is 4.62. The standard InChI is InChI=1S/C48H94N2O5/c1-6-11-16-19-24-35-46(51)49-38-27-30-41-50(39-28-20-25-36-47(52)54-42-44(31-14-9-4)33-22-17-12-7-2)40-29-21-26-37-48(53)55-43-45(32-15-10-5)34-23-18-13-8-3/h44-45H,6-43H2,1-5H3,(H,49,51). The van der Waals surface area contributed by atoms with E-state index in [0.717, 1.165) is 90.4 Å². The van der Waals surface area contributed by atoms with Crippen LogP contribution in [0.1, 0.15) is 240 Å². The molecule has 7 nitrogen and oxygen atoms in total. The van der Waals surface area contributed by atoms with Crippen LogP contribution in [0, 0.1) is 11.8 Å². The normalized spacial score (nSPS) is 12.5. The second-order valence-electron chi connectivity index (χ2n) is 16.8. The molecular weight excluding hydrogens is 685 g/mol. The number of hydrogen-bond donors (Lipinski definition) is 1. The number of nitrogens with one attached hydrogen (secondary N) is 1. The number of carbonyl (C=O) groups excluding carboxylic acids is 3. The molecule has 326 valence electrons. The summed E-state index contributed by atoms with van der Waals surface area (Å²) in [4.78, 5) is 40.0. The van der Waals surface area contributed by atoms with Crippen molar-refractivity contribution < 1.29 is 23.9 Å². The van der Waals surface area contributed by atoms with Crippen LogP contribution in [0.5, 0.6) is 0 Å². The van der Waals surface area contributed by atoms with Gasteiger partial charge in [-0.3, -0.25) is 14.4 Å². The maximum Gasteiger partial charge on any atom is 0.305 e. The highest BCUT2D eigenvalue weighted by Crippen LogP contribution is 2.20. The van der Waals surface area contributed by atoms with Crippen LogP contribution in [0.4, 0.5) is 0 Å². The maximum absolute atomic E-state index is 12.6. The summed E-state index contributed by atoms with van der Waals surface area (Å²) >= 11 is 0. The van der Waals surface area contributed by atoms with Gasteiger partial charge in [-0.05, 0) is 102 Å². The summed E-state index contributed by atoms with van der Waals surface area (Å²) in [6.45, 7) is 16.2. The number of amides is 1. The van der Waals surface area contributed by atoms with Crippen LogP contribution in [-0.4, -0.2) is 62.1 Å². The molecule has 55 heavy (non-hydrogen) atoms. The smallest absolute Gasteiger partial charge is 0.305 e. The third-order valence-corrected chi connectivity index (χ3v) is 11.3. The molecule has 0 aliphatic heterocycles. The summed E-state index contributed by atoms with van der Waals surface area (Å²) in [6, 6.07) is 0. The van der Waals surface area contributed by atoms with Crippen LogP contribution in [0.2, 0.25) is 0 Å². The molecule has 0 fully saturated rings. The Labute approximate surface area is 342 Å². The predicted octanol–water partition coefficient (Wildman–Crippen LogP) is 13.3. The van der Waals surface area contributed by atoms with Gasteiger partial charge in [0.2, 0.25) is 5.91 Å². The minimum atomic E-state index is -0.0306. The topological polar surface area (TPSA) is 84.9 Å². The zero-order chi connectivity index (χ0) is 40.5. The second-order valence-corrected chi connectivity index (χ2v) is 16.8. The first-order chi connectivity index (χ1) is 26.9. The van der Waals surface area contributed by atoms with Crippen molar-refractivity contribution in [1.29, 1.82) is 0 Å². The van der Waals surface area contributed by atoms with Crippen molar-refractivity contribution in [1.82, 2.24) is 10.2 Å². The lowest BCUT2D eigenvalue weighted by atomic mass is 9.96. The quantitative estimate of drug-likeness (QED) is 0.0490. The Morgan fingerprint density at radius 1 is 0.418 bits per heavy atom. The minimum absolute atomic E-state index is 0.0306. The Morgan fingerprint density at radius 3 is 1.24 bits per heavy atom. The van der Waals surface area contributed by atoms with Crippen molar-refractivity contribution in [3.05, 3.63) is 0 Å². The van der Waals surface area contributed by atoms with Crippen molar-refractivity contribution in [3.63, 3.8) is 0 Å². The monoisotopic (exact) mass is 779 g/mol. The predicted molar refractivity (Wildman–Crippen MR) is 234 cm³/mol. The van der Waals surface area contributed by atoms with Crippen molar-refractivity contribution in [2.45, 2.75) is 240 Å². The molecule has 7 heteroatoms. The van der Waals surface area contributed by atoms with Gasteiger partial charge in [0.15, 0.2) is 0 Å². The molecule has 0 aromatic carbocycles. The van der Waals surface area contributed by atoms with Crippen LogP contribution < -0.4 is 5.32 Å². The van der Waals surface area contributed by atoms with E-state index in [1.54, 1.807) is 0 Å². The summed E-state index contributed by atoms with van der Waals surface area (Å²) < 4.78 is 11.5. The number of nitrogens with zero attached hydrogens (tertiary/aromatic N) is 1. The van der Waals surface area contributed by atoms with E-state index in [4.69, 9.17) is 9.47 Å². The molecule has 1 amide bonds. The Hall–Kier alpha value is -1.63. The molecule has 0 heterocycles. The molecular formula is C48H94N2O5. The van der Waals surface area contributed by atoms with Gasteiger partial charge in [0.1, 0.15) is 0 Å². The highest BCUT2D eigenvalue weighted by Gasteiger charge is 2.14. The first-order valence-corrected chi connectivity index (χ1v) is 24.2. The van der Waals surface area contributed by atoms with E-state index in [0.29, 0.717) is 44.3 Å². The van der Waals surface area contributed by atoms with Gasteiger partial charge in [-0.1, -0.05) is 150 Å². The van der Waals surface area contributed by atoms with Crippen LogP contribution >= 0.6 is 0 Å². The van der Waals surface area contributed by atoms with Crippen molar-refractivity contribution in [2.24, 2.45) is 11.8 Å². The SMILES string of the molecule is CCCCCCCC(=O)NCCCCN(CCCCCC(=O)OCC(CCCC)CCCCCC)CCCCCC(=O)OCC(CCCC)CCCCCC. The van der Waals surface area contributed by atoms with Crippen molar-refractivity contribution >= 4 is 17.8 Å². The molecule has 0 saturated carbocycles. The maximum atomic E-state index is 12.6. The first-order valence-electron chi connectivity index (χ1n) is 24.2. The van der Waals surface area contributed by atoms with Crippen LogP contribution in [0.3, 0.4) is 0 Å². The highest BCUT2D eigenvalue weighted by molar-refractivity contribution is 5.75. The fraction of sp³-hybridized carbons (Fsp3) is 0.938. The van der Waals surface area contributed by atoms with Gasteiger partial charge in [-0.2, -0.15) is 0 Å². The molecule has 2 unspecified atom stereocenters. The Kier molecular flexibility index (Phi) is 40.7. The van der Waals surface area contributed by atoms with E-state index < -0.39 is 0 Å². The van der Waals surface area contributed by atoms with Crippen LogP contribution in [-0.2, 0) is 23.9 Å². The molecule has 0 spiro atoms. The molecule has 2 atom stereocenters. The summed E-state index contributed by atoms with van der Waals surface area (Å²) in [5.41, 5.74) is 0. The number of rotatable bonds is 43. The van der Waals surface area contributed by atoms with Crippen LogP contribution in [0.25, 0.3) is 0 Å². The lowest BCUT2D eigenvalue weighted by Crippen LogP contribution is -2.29. The fourth-order valence-electron chi connectivity index (χ4n) is 7.46. The van der Waals surface area contributed by atoms with E-state index in [1.165, 1.54) is 122 Å². The molecule has 0 saturated heterocycles. The number of unbranched alkanes of at least 4 members (excludes halogenated alkanes) is 17. The summed E-state index contributed by atoms with van der Waals surface area (Å²) in [5, 5.41) is 3.13. The molecule has 0 bridgehead atoms. The van der Waals surface area contributed by atoms with Gasteiger partial charge >= 0.3 is 11.9 Å². The molecule has 0 aromatic rings. The lowest BCUT2D eigenvalue weighted by Gasteiger charge is -2.22. The van der Waals surface area contributed by atoms with E-state index in [1.807, 2.05) is 0 Å². The number of esters is 2. The summed E-state index contributed by atoms with van der Waals surface area (Å²) in [7, 11) is 0. The molecule has 0 rings (SSSR count). The number of ether oxygens (including phenoxy) is 2. The number of carbonyl (C=O) groups is 3. The van der Waals surface area contributed by atoms with E-state index >= 15 is 0 Å². The minimum Gasteiger partial charge on any atom is -0.465 e. The number of hydrogen-bond acceptors (Lipinski definition) is 6. The van der Waals surface area contributed by atoms with Crippen LogP contribution in [0.15, 0.2) is 0 Å². The van der Waals surface area contributed by atoms with Gasteiger partial charge < -0.3 is 19.7 Å². The van der Waals surface area contributed by atoms with E-state index in [9.17, 15) is 14.4 Å². The first kappa shape index (κ1) is 53.4. The van der Waals surface area contributed by atoms with E-state index in [-0.39, 0.29) is 17.8 Å². The highest BCUT2D eigenvalue weighted by atomic mass is 16.5. The van der Waals surface area contributed by atoms with Gasteiger partial charge in [0, 0.05) is 25.8 Å². The lowest BCUT2D eigenvalue weighted by molar-refractivity contribution is -0.146. The summed E-state index contributed by atoms with van der Waals surface area (Å²) in [5.74, 6) is 1.15. The van der Waals surface area contributed by atoms with Gasteiger partial charge in [-0.25, -0.2) is 0 Å². The van der Waals surface area contributed by atoms with Gasteiger partial charge in [0.05, 0.1) is 13.2 Å². The third-order valence-electron chi connectivity index (χ3n) is 11.3. The fourth-order valence-corrected chi connectivity index (χ4v) is 7.46. The van der Waals surface area contributed by atoms with Crippen molar-refractivity contribution in [3.8, 4) is 0 Å². The van der Waals surface area contributed by atoms with Gasteiger partial charge in [0.25, 0.3) is 0 Å². The van der Waals surface area contributed by atoms with Gasteiger partial charge in [-0.15, -0.1) is 0 Å². The molecule has 0 radical (unpaired) electrons. The Bertz CT molecular complexity index is 802. The average Bonchev–Trinajstić information content (AvgIpc) is 3.18. The molecule has 0 aliphatic rings. The largest absolute Gasteiger partial charge is 0.465 e. The van der Waals surface area contributed by atoms with Crippen molar-refractivity contribution in [2.75, 3.05) is 39.4 Å². The third kappa shape index (κ3) is 37.7. The Morgan fingerprint density at radius 2 is 0.782 bits per heavy atom. The zero-order valence-corrected chi connectivity index (χ0v) is 37.5. The summed E-state index contributed by atoms with van der Waals surface area (Å²) in [6.07, 6.45) is 35.2. The van der Waals surface area contributed by atoms with E-state index in [2.05, 4.69) is 44.8 Å². The zero-order valence-electron chi connectivity index (χ0n) is 37.5. The average molecular weight is 779 g/mol. The second kappa shape index (κ2) is 42.0. The molecule has 0 aliphatic carbocycles.